The van der Waals surface area contributed by atoms with Gasteiger partial charge in [-0.1, -0.05) is 6.07 Å². The summed E-state index contributed by atoms with van der Waals surface area (Å²) < 4.78 is 10.6. The summed E-state index contributed by atoms with van der Waals surface area (Å²) in [4.78, 5) is 12.3. The van der Waals surface area contributed by atoms with Gasteiger partial charge in [-0.25, -0.2) is 21.5 Å². The van der Waals surface area contributed by atoms with Crippen molar-refractivity contribution in [2.24, 2.45) is 11.7 Å². The minimum atomic E-state index is -0.622. The van der Waals surface area contributed by atoms with Crippen LogP contribution >= 0.6 is 11.8 Å². The lowest BCUT2D eigenvalue weighted by atomic mass is 10.3. The number of nitrogens with two attached hydrogens (primary N) is 2. The molecule has 0 aliphatic carbocycles. The van der Waals surface area contributed by atoms with Gasteiger partial charge in [0.1, 0.15) is 11.5 Å². The van der Waals surface area contributed by atoms with E-state index in [0.29, 0.717) is 17.2 Å². The maximum atomic E-state index is 11.6. The standard InChI is InChI=1S/C13H16N4O3S/c1-19-11-6-2-5-10(17(15)13(18)16-14)12(11)21-8-9-4-3-7-20-9/h2-7H,8,14-15H2,1H3,(H,16,18). The number of hydrogen-bond acceptors (Lipinski definition) is 6. The highest BCUT2D eigenvalue weighted by Gasteiger charge is 2.18. The molecule has 0 bridgehead atoms. The van der Waals surface area contributed by atoms with E-state index in [0.717, 1.165) is 15.7 Å². The van der Waals surface area contributed by atoms with Gasteiger partial charge in [0.25, 0.3) is 0 Å². The number of anilines is 1. The molecule has 7 nitrogen and oxygen atoms in total. The fraction of sp³-hybridized carbons (Fsp3) is 0.154. The number of ether oxygens (including phenoxy) is 1. The van der Waals surface area contributed by atoms with Crippen LogP contribution in [0.4, 0.5) is 10.5 Å². The lowest BCUT2D eigenvalue weighted by molar-refractivity contribution is 0.246. The van der Waals surface area contributed by atoms with Crippen LogP contribution in [-0.2, 0) is 5.75 Å². The molecule has 0 spiro atoms. The Hall–Kier alpha value is -2.16. The van der Waals surface area contributed by atoms with E-state index in [2.05, 4.69) is 0 Å². The number of furan rings is 1. The molecule has 5 N–H and O–H groups in total. The van der Waals surface area contributed by atoms with E-state index >= 15 is 0 Å². The monoisotopic (exact) mass is 308 g/mol. The topological polar surface area (TPSA) is 107 Å². The zero-order chi connectivity index (χ0) is 15.2. The van der Waals surface area contributed by atoms with Gasteiger partial charge in [-0.3, -0.25) is 5.43 Å². The van der Waals surface area contributed by atoms with Crippen molar-refractivity contribution in [2.75, 3.05) is 12.1 Å². The number of carbonyl (C=O) groups excluding carboxylic acids is 1. The molecule has 0 saturated heterocycles. The highest BCUT2D eigenvalue weighted by Crippen LogP contribution is 2.39. The average molecular weight is 308 g/mol. The Morgan fingerprint density at radius 2 is 2.24 bits per heavy atom. The first kappa shape index (κ1) is 15.2. The summed E-state index contributed by atoms with van der Waals surface area (Å²) in [5.74, 6) is 12.9. The molecule has 21 heavy (non-hydrogen) atoms. The lowest BCUT2D eigenvalue weighted by Crippen LogP contribution is -2.47. The number of rotatable bonds is 5. The van der Waals surface area contributed by atoms with Crippen LogP contribution in [0.2, 0.25) is 0 Å². The lowest BCUT2D eigenvalue weighted by Gasteiger charge is -2.20. The number of benzene rings is 1. The van der Waals surface area contributed by atoms with Crippen molar-refractivity contribution in [3.8, 4) is 5.75 Å². The SMILES string of the molecule is COc1cccc(N(N)C(=O)NN)c1SCc1ccco1. The van der Waals surface area contributed by atoms with Crippen molar-refractivity contribution in [3.63, 3.8) is 0 Å². The molecule has 0 radical (unpaired) electrons. The molecule has 0 saturated carbocycles. The quantitative estimate of drug-likeness (QED) is 0.337. The third kappa shape index (κ3) is 3.48. The summed E-state index contributed by atoms with van der Waals surface area (Å²) >= 11 is 1.45. The van der Waals surface area contributed by atoms with Crippen LogP contribution in [0.1, 0.15) is 5.76 Å². The van der Waals surface area contributed by atoms with Gasteiger partial charge in [0, 0.05) is 0 Å². The van der Waals surface area contributed by atoms with Crippen molar-refractivity contribution in [1.29, 1.82) is 0 Å². The predicted octanol–water partition coefficient (Wildman–Crippen LogP) is 1.84. The first-order valence-corrected chi connectivity index (χ1v) is 7.03. The van der Waals surface area contributed by atoms with Crippen molar-refractivity contribution in [2.45, 2.75) is 10.6 Å². The van der Waals surface area contributed by atoms with Crippen molar-refractivity contribution >= 4 is 23.5 Å². The average Bonchev–Trinajstić information content (AvgIpc) is 3.04. The van der Waals surface area contributed by atoms with Crippen LogP contribution in [0.5, 0.6) is 5.75 Å². The van der Waals surface area contributed by atoms with E-state index in [1.165, 1.54) is 11.8 Å². The second kappa shape index (κ2) is 7.02. The highest BCUT2D eigenvalue weighted by molar-refractivity contribution is 7.98. The Morgan fingerprint density at radius 1 is 1.43 bits per heavy atom. The Bertz CT molecular complexity index is 603. The van der Waals surface area contributed by atoms with Gasteiger partial charge < -0.3 is 9.15 Å². The van der Waals surface area contributed by atoms with Crippen molar-refractivity contribution < 1.29 is 13.9 Å². The van der Waals surface area contributed by atoms with Gasteiger partial charge in [-0.2, -0.15) is 0 Å². The van der Waals surface area contributed by atoms with Crippen molar-refractivity contribution in [3.05, 3.63) is 42.4 Å². The Kier molecular flexibility index (Phi) is 5.09. The molecule has 112 valence electrons. The number of urea groups is 1. The van der Waals surface area contributed by atoms with E-state index < -0.39 is 6.03 Å². The van der Waals surface area contributed by atoms with Crippen LogP contribution in [0.3, 0.4) is 0 Å². The maximum absolute atomic E-state index is 11.6. The van der Waals surface area contributed by atoms with Crippen LogP contribution < -0.4 is 26.9 Å². The van der Waals surface area contributed by atoms with Gasteiger partial charge in [0.15, 0.2) is 0 Å². The third-order valence-electron chi connectivity index (χ3n) is 2.72. The second-order valence-corrected chi connectivity index (χ2v) is 4.98. The summed E-state index contributed by atoms with van der Waals surface area (Å²) in [5, 5.41) is 0.937. The minimum Gasteiger partial charge on any atom is -0.496 e. The molecule has 8 heteroatoms. The van der Waals surface area contributed by atoms with Crippen LogP contribution in [0.15, 0.2) is 45.9 Å². The van der Waals surface area contributed by atoms with E-state index in [1.54, 1.807) is 31.6 Å². The van der Waals surface area contributed by atoms with Crippen LogP contribution in [-0.4, -0.2) is 13.1 Å². The molecule has 0 aliphatic heterocycles. The second-order valence-electron chi connectivity index (χ2n) is 4.00. The number of amides is 2. The Morgan fingerprint density at radius 3 is 2.86 bits per heavy atom. The minimum absolute atomic E-state index is 0.494. The number of methoxy groups -OCH3 is 1. The first-order valence-electron chi connectivity index (χ1n) is 6.05. The highest BCUT2D eigenvalue weighted by atomic mass is 32.2. The fourth-order valence-corrected chi connectivity index (χ4v) is 2.78. The number of carbonyl (C=O) groups is 1. The van der Waals surface area contributed by atoms with Gasteiger partial charge in [0.2, 0.25) is 0 Å². The molecule has 0 aliphatic rings. The molecular formula is C13H16N4O3S. The molecule has 2 aromatic rings. The Balaban J connectivity index is 2.29. The van der Waals surface area contributed by atoms with Gasteiger partial charge in [0.05, 0.1) is 29.7 Å². The number of hydrazine groups is 2. The summed E-state index contributed by atoms with van der Waals surface area (Å²) in [6, 6.07) is 8.31. The zero-order valence-corrected chi connectivity index (χ0v) is 12.2. The number of nitrogens with one attached hydrogen (secondary N) is 1. The van der Waals surface area contributed by atoms with Gasteiger partial charge in [-0.15, -0.1) is 11.8 Å². The van der Waals surface area contributed by atoms with Crippen LogP contribution in [0.25, 0.3) is 0 Å². The maximum Gasteiger partial charge on any atom is 0.350 e. The number of thioether (sulfide) groups is 1. The third-order valence-corrected chi connectivity index (χ3v) is 3.85. The smallest absolute Gasteiger partial charge is 0.350 e. The predicted molar refractivity (Wildman–Crippen MR) is 80.6 cm³/mol. The van der Waals surface area contributed by atoms with E-state index in [1.807, 2.05) is 17.6 Å². The molecule has 2 amide bonds. The Labute approximate surface area is 126 Å². The van der Waals surface area contributed by atoms with Gasteiger partial charge >= 0.3 is 6.03 Å². The van der Waals surface area contributed by atoms with E-state index in [4.69, 9.17) is 20.8 Å². The van der Waals surface area contributed by atoms with Gasteiger partial charge in [-0.05, 0) is 24.3 Å². The molecular weight excluding hydrogens is 292 g/mol. The summed E-state index contributed by atoms with van der Waals surface area (Å²) in [5.41, 5.74) is 2.49. The molecule has 2 rings (SSSR count). The number of nitrogens with zero attached hydrogens (tertiary/aromatic N) is 1. The first-order chi connectivity index (χ1) is 10.2. The summed E-state index contributed by atoms with van der Waals surface area (Å²) in [6.45, 7) is 0. The summed E-state index contributed by atoms with van der Waals surface area (Å²) in [7, 11) is 1.56. The zero-order valence-electron chi connectivity index (χ0n) is 11.4. The van der Waals surface area contributed by atoms with E-state index in [9.17, 15) is 4.79 Å². The molecule has 1 heterocycles. The molecule has 1 aromatic heterocycles. The molecule has 1 aromatic carbocycles. The largest absolute Gasteiger partial charge is 0.496 e. The number of hydrogen-bond donors (Lipinski definition) is 3. The summed E-state index contributed by atoms with van der Waals surface area (Å²) in [6.07, 6.45) is 1.61. The normalized spacial score (nSPS) is 10.2. The molecule has 0 fully saturated rings. The van der Waals surface area contributed by atoms with E-state index in [-0.39, 0.29) is 0 Å². The van der Waals surface area contributed by atoms with Crippen molar-refractivity contribution in [1.82, 2.24) is 5.43 Å². The fourth-order valence-electron chi connectivity index (χ4n) is 1.72. The molecule has 0 atom stereocenters. The van der Waals surface area contributed by atoms with Crippen LogP contribution in [0, 0.1) is 0 Å². The molecule has 0 unspecified atom stereocenters.